The number of halogens is 2. The van der Waals surface area contributed by atoms with Gasteiger partial charge in [-0.2, -0.15) is 0 Å². The number of esters is 1. The van der Waals surface area contributed by atoms with Gasteiger partial charge in [0.1, 0.15) is 11.6 Å². The maximum absolute atomic E-state index is 14.1. The van der Waals surface area contributed by atoms with E-state index in [9.17, 15) is 19.5 Å². The number of carbonyl (C=O) groups is 3. The SMILES string of the molecule is CC[C@@H](C(=O)OC(C)(C)C)N1C(=O)[C@@](C)(CC(=O)O)C[C@H](c2cccc(Cl)c2)[C@H]1c1ccc(Cl)cn1. The van der Waals surface area contributed by atoms with Gasteiger partial charge in [-0.05, 0) is 63.4 Å². The Balaban J connectivity index is 2.25. The van der Waals surface area contributed by atoms with Crippen molar-refractivity contribution >= 4 is 41.0 Å². The molecule has 0 spiro atoms. The molecule has 0 bridgehead atoms. The first kappa shape index (κ1) is 27.9. The first-order chi connectivity index (χ1) is 16.8. The van der Waals surface area contributed by atoms with Gasteiger partial charge >= 0.3 is 11.9 Å². The fraction of sp³-hybridized carbons (Fsp3) is 0.481. The zero-order valence-corrected chi connectivity index (χ0v) is 22.6. The number of aliphatic carboxylic acids is 1. The number of carbonyl (C=O) groups excluding carboxylic acids is 2. The zero-order chi connectivity index (χ0) is 26.8. The number of piperidine rings is 1. The number of likely N-dealkylation sites (tertiary alicyclic amines) is 1. The van der Waals surface area contributed by atoms with Crippen molar-refractivity contribution in [2.45, 2.75) is 77.5 Å². The lowest BCUT2D eigenvalue weighted by atomic mass is 9.67. The van der Waals surface area contributed by atoms with Crippen LogP contribution in [0, 0.1) is 5.41 Å². The molecule has 1 aliphatic heterocycles. The summed E-state index contributed by atoms with van der Waals surface area (Å²) in [4.78, 5) is 45.4. The van der Waals surface area contributed by atoms with Crippen molar-refractivity contribution < 1.29 is 24.2 Å². The molecule has 1 fully saturated rings. The van der Waals surface area contributed by atoms with E-state index in [2.05, 4.69) is 4.98 Å². The number of carboxylic acids is 1. The maximum atomic E-state index is 14.1. The molecule has 0 saturated carbocycles. The summed E-state index contributed by atoms with van der Waals surface area (Å²) in [5, 5.41) is 10.6. The van der Waals surface area contributed by atoms with Crippen LogP contribution in [0.2, 0.25) is 10.0 Å². The Morgan fingerprint density at radius 3 is 2.44 bits per heavy atom. The van der Waals surface area contributed by atoms with Crippen LogP contribution in [0.4, 0.5) is 0 Å². The largest absolute Gasteiger partial charge is 0.481 e. The third-order valence-electron chi connectivity index (χ3n) is 6.37. The van der Waals surface area contributed by atoms with Crippen LogP contribution in [-0.2, 0) is 19.1 Å². The molecule has 0 radical (unpaired) electrons. The minimum absolute atomic E-state index is 0.231. The minimum Gasteiger partial charge on any atom is -0.481 e. The summed E-state index contributed by atoms with van der Waals surface area (Å²) in [6, 6.07) is 9.04. The molecule has 1 saturated heterocycles. The van der Waals surface area contributed by atoms with Gasteiger partial charge in [-0.1, -0.05) is 49.2 Å². The van der Waals surface area contributed by atoms with Gasteiger partial charge in [0, 0.05) is 17.1 Å². The molecule has 9 heteroatoms. The molecule has 2 aromatic rings. The summed E-state index contributed by atoms with van der Waals surface area (Å²) in [6.45, 7) is 8.72. The summed E-state index contributed by atoms with van der Waals surface area (Å²) >= 11 is 12.4. The lowest BCUT2D eigenvalue weighted by Gasteiger charge is -2.50. The van der Waals surface area contributed by atoms with E-state index in [1.807, 2.05) is 12.1 Å². The number of nitrogens with zero attached hydrogens (tertiary/aromatic N) is 2. The predicted molar refractivity (Wildman–Crippen MR) is 138 cm³/mol. The molecular weight excluding hydrogens is 503 g/mol. The standard InChI is InChI=1S/C27H32Cl2N2O5/c1-6-21(24(34)36-26(2,3)4)31-23(20-11-10-18(29)15-30-20)19(16-8-7-9-17(28)12-16)13-27(5,25(31)35)14-22(32)33/h7-12,15,19,21,23H,6,13-14H2,1-5H3,(H,32,33)/t19-,21+,23+,27-/m1/s1. The molecule has 3 rings (SSSR count). The predicted octanol–water partition coefficient (Wildman–Crippen LogP) is 6.05. The number of pyridine rings is 1. The van der Waals surface area contributed by atoms with Crippen molar-refractivity contribution in [3.8, 4) is 0 Å². The van der Waals surface area contributed by atoms with Crippen LogP contribution in [0.5, 0.6) is 0 Å². The van der Waals surface area contributed by atoms with Gasteiger partial charge < -0.3 is 14.7 Å². The van der Waals surface area contributed by atoms with Crippen LogP contribution < -0.4 is 0 Å². The van der Waals surface area contributed by atoms with Crippen molar-refractivity contribution in [1.29, 1.82) is 0 Å². The van der Waals surface area contributed by atoms with Gasteiger partial charge in [-0.25, -0.2) is 4.79 Å². The van der Waals surface area contributed by atoms with Crippen LogP contribution in [0.25, 0.3) is 0 Å². The van der Waals surface area contributed by atoms with E-state index in [1.165, 1.54) is 11.1 Å². The molecule has 1 aromatic heterocycles. The summed E-state index contributed by atoms with van der Waals surface area (Å²) in [6.07, 6.45) is 1.61. The Labute approximate surface area is 221 Å². The summed E-state index contributed by atoms with van der Waals surface area (Å²) in [5.74, 6) is -2.47. The lowest BCUT2D eigenvalue weighted by Crippen LogP contribution is -2.58. The number of carboxylic acid groups (broad SMARTS) is 1. The van der Waals surface area contributed by atoms with E-state index in [0.717, 1.165) is 5.56 Å². The average Bonchev–Trinajstić information content (AvgIpc) is 2.76. The van der Waals surface area contributed by atoms with Gasteiger partial charge in [0.15, 0.2) is 0 Å². The Morgan fingerprint density at radius 1 is 1.22 bits per heavy atom. The first-order valence-electron chi connectivity index (χ1n) is 11.9. The number of hydrogen-bond donors (Lipinski definition) is 1. The van der Waals surface area contributed by atoms with Crippen molar-refractivity contribution in [3.05, 3.63) is 63.9 Å². The quantitative estimate of drug-likeness (QED) is 0.434. The Bertz CT molecular complexity index is 1130. The number of benzene rings is 1. The van der Waals surface area contributed by atoms with Gasteiger partial charge in [0.25, 0.3) is 0 Å². The van der Waals surface area contributed by atoms with Crippen LogP contribution in [-0.4, -0.2) is 44.5 Å². The summed E-state index contributed by atoms with van der Waals surface area (Å²) < 4.78 is 5.69. The fourth-order valence-electron chi connectivity index (χ4n) is 4.93. The number of hydrogen-bond acceptors (Lipinski definition) is 5. The highest BCUT2D eigenvalue weighted by Crippen LogP contribution is 2.52. The van der Waals surface area contributed by atoms with Crippen LogP contribution in [0.1, 0.15) is 77.1 Å². The van der Waals surface area contributed by atoms with Gasteiger partial charge in [0.2, 0.25) is 5.91 Å². The van der Waals surface area contributed by atoms with E-state index >= 15 is 0 Å². The molecule has 1 N–H and O–H groups in total. The zero-order valence-electron chi connectivity index (χ0n) is 21.1. The molecule has 194 valence electrons. The Hall–Kier alpha value is -2.64. The number of amides is 1. The molecule has 2 heterocycles. The lowest BCUT2D eigenvalue weighted by molar-refractivity contribution is -0.175. The average molecular weight is 535 g/mol. The van der Waals surface area contributed by atoms with Crippen LogP contribution in [0.3, 0.4) is 0 Å². The molecule has 0 aliphatic carbocycles. The molecule has 4 atom stereocenters. The van der Waals surface area contributed by atoms with Gasteiger partial charge in [-0.3, -0.25) is 14.6 Å². The van der Waals surface area contributed by atoms with Crippen molar-refractivity contribution in [2.75, 3.05) is 0 Å². The smallest absolute Gasteiger partial charge is 0.329 e. The second kappa shape index (κ2) is 10.8. The molecule has 1 aromatic carbocycles. The van der Waals surface area contributed by atoms with Gasteiger partial charge in [0.05, 0.1) is 28.6 Å². The monoisotopic (exact) mass is 534 g/mol. The Kier molecular flexibility index (Phi) is 8.36. The molecule has 1 amide bonds. The molecule has 1 aliphatic rings. The molecule has 0 unspecified atom stereocenters. The third-order valence-corrected chi connectivity index (χ3v) is 6.83. The van der Waals surface area contributed by atoms with E-state index < -0.39 is 46.9 Å². The molecular formula is C27H32Cl2N2O5. The first-order valence-corrected chi connectivity index (χ1v) is 12.7. The molecule has 7 nitrogen and oxygen atoms in total. The van der Waals surface area contributed by atoms with E-state index in [-0.39, 0.29) is 19.3 Å². The van der Waals surface area contributed by atoms with Gasteiger partial charge in [-0.15, -0.1) is 0 Å². The number of aromatic nitrogens is 1. The summed E-state index contributed by atoms with van der Waals surface area (Å²) in [5.41, 5.74) is -0.680. The minimum atomic E-state index is -1.27. The van der Waals surface area contributed by atoms with Crippen molar-refractivity contribution in [1.82, 2.24) is 9.88 Å². The maximum Gasteiger partial charge on any atom is 0.329 e. The van der Waals surface area contributed by atoms with Crippen molar-refractivity contribution in [3.63, 3.8) is 0 Å². The van der Waals surface area contributed by atoms with Crippen LogP contribution >= 0.6 is 23.2 Å². The van der Waals surface area contributed by atoms with E-state index in [1.54, 1.807) is 58.9 Å². The van der Waals surface area contributed by atoms with Crippen molar-refractivity contribution in [2.24, 2.45) is 5.41 Å². The van der Waals surface area contributed by atoms with E-state index in [0.29, 0.717) is 15.7 Å². The second-order valence-electron chi connectivity index (χ2n) is 10.5. The second-order valence-corrected chi connectivity index (χ2v) is 11.4. The highest BCUT2D eigenvalue weighted by atomic mass is 35.5. The third kappa shape index (κ3) is 6.19. The van der Waals surface area contributed by atoms with Crippen LogP contribution in [0.15, 0.2) is 42.6 Å². The fourth-order valence-corrected chi connectivity index (χ4v) is 5.24. The summed E-state index contributed by atoms with van der Waals surface area (Å²) in [7, 11) is 0. The topological polar surface area (TPSA) is 96.8 Å². The molecule has 36 heavy (non-hydrogen) atoms. The Morgan fingerprint density at radius 2 is 1.92 bits per heavy atom. The normalized spacial score (nSPS) is 23.3. The highest BCUT2D eigenvalue weighted by Gasteiger charge is 2.54. The highest BCUT2D eigenvalue weighted by molar-refractivity contribution is 6.30. The number of ether oxygens (including phenoxy) is 1. The van der Waals surface area contributed by atoms with E-state index in [4.69, 9.17) is 27.9 Å². The number of rotatable bonds is 7.